The molecule has 0 atom stereocenters. The molecule has 0 bridgehead atoms. The number of aliphatic carboxylic acids is 1. The predicted molar refractivity (Wildman–Crippen MR) is 78.0 cm³/mol. The van der Waals surface area contributed by atoms with Crippen molar-refractivity contribution in [1.82, 2.24) is 15.6 Å². The Morgan fingerprint density at radius 1 is 1.19 bits per heavy atom. The largest absolute Gasteiger partial charge is 0.481 e. The van der Waals surface area contributed by atoms with Crippen molar-refractivity contribution in [2.75, 3.05) is 6.54 Å². The van der Waals surface area contributed by atoms with Gasteiger partial charge >= 0.3 is 12.0 Å². The lowest BCUT2D eigenvalue weighted by Crippen LogP contribution is -2.36. The summed E-state index contributed by atoms with van der Waals surface area (Å²) in [5.74, 6) is -0.851. The van der Waals surface area contributed by atoms with Crippen molar-refractivity contribution in [3.05, 3.63) is 29.1 Å². The van der Waals surface area contributed by atoms with E-state index in [1.165, 1.54) is 18.4 Å². The maximum absolute atomic E-state index is 11.6. The lowest BCUT2D eigenvalue weighted by Gasteiger charge is -2.15. The van der Waals surface area contributed by atoms with Gasteiger partial charge in [0.1, 0.15) is 0 Å². The zero-order valence-corrected chi connectivity index (χ0v) is 12.0. The van der Waals surface area contributed by atoms with E-state index in [-0.39, 0.29) is 12.5 Å². The van der Waals surface area contributed by atoms with Gasteiger partial charge in [-0.25, -0.2) is 4.79 Å². The van der Waals surface area contributed by atoms with Crippen LogP contribution in [0.5, 0.6) is 0 Å². The summed E-state index contributed by atoms with van der Waals surface area (Å²) in [6.07, 6.45) is 5.02. The van der Waals surface area contributed by atoms with Gasteiger partial charge in [0.2, 0.25) is 0 Å². The molecule has 1 heterocycles. The lowest BCUT2D eigenvalue weighted by molar-refractivity contribution is -0.137. The van der Waals surface area contributed by atoms with Crippen LogP contribution < -0.4 is 10.6 Å². The summed E-state index contributed by atoms with van der Waals surface area (Å²) >= 11 is 0. The number of hydrogen-bond donors (Lipinski definition) is 3. The molecule has 114 valence electrons. The second-order valence-electron chi connectivity index (χ2n) is 5.22. The molecule has 6 heteroatoms. The molecule has 0 spiro atoms. The molecule has 0 aliphatic heterocycles. The molecule has 0 unspecified atom stereocenters. The average molecular weight is 291 g/mol. The minimum Gasteiger partial charge on any atom is -0.481 e. The van der Waals surface area contributed by atoms with Crippen LogP contribution >= 0.6 is 0 Å². The second kappa shape index (κ2) is 7.61. The number of carbonyl (C=O) groups excluding carboxylic acids is 1. The fraction of sp³-hybridized carbons (Fsp3) is 0.533. The second-order valence-corrected chi connectivity index (χ2v) is 5.22. The topological polar surface area (TPSA) is 91.3 Å². The summed E-state index contributed by atoms with van der Waals surface area (Å²) in [6.45, 7) is 0.744. The Hall–Kier alpha value is -2.11. The molecule has 1 aromatic rings. The van der Waals surface area contributed by atoms with Crippen LogP contribution in [0, 0.1) is 0 Å². The van der Waals surface area contributed by atoms with Gasteiger partial charge in [-0.15, -0.1) is 0 Å². The fourth-order valence-corrected chi connectivity index (χ4v) is 2.40. The van der Waals surface area contributed by atoms with E-state index < -0.39 is 5.97 Å². The Morgan fingerprint density at radius 2 is 2.00 bits per heavy atom. The van der Waals surface area contributed by atoms with E-state index in [1.54, 1.807) is 0 Å². The monoisotopic (exact) mass is 291 g/mol. The number of carboxylic acids is 1. The minimum atomic E-state index is -0.851. The van der Waals surface area contributed by atoms with Crippen molar-refractivity contribution in [3.63, 3.8) is 0 Å². The van der Waals surface area contributed by atoms with E-state index in [2.05, 4.69) is 21.7 Å². The van der Waals surface area contributed by atoms with E-state index in [0.717, 1.165) is 24.2 Å². The Kier molecular flexibility index (Phi) is 5.54. The number of nitrogens with zero attached hydrogens (tertiary/aromatic N) is 1. The summed E-state index contributed by atoms with van der Waals surface area (Å²) in [6, 6.07) is 3.76. The zero-order chi connectivity index (χ0) is 15.1. The van der Waals surface area contributed by atoms with Gasteiger partial charge in [-0.1, -0.05) is 6.07 Å². The third-order valence-corrected chi connectivity index (χ3v) is 3.52. The highest BCUT2D eigenvalue weighted by atomic mass is 16.4. The van der Waals surface area contributed by atoms with Crippen LogP contribution in [0.4, 0.5) is 4.79 Å². The van der Waals surface area contributed by atoms with Crippen molar-refractivity contribution >= 4 is 12.0 Å². The minimum absolute atomic E-state index is 0.0622. The molecule has 3 N–H and O–H groups in total. The number of carbonyl (C=O) groups is 2. The number of aryl methyl sites for hydroxylation is 2. The van der Waals surface area contributed by atoms with Gasteiger partial charge in [0.05, 0.1) is 12.2 Å². The number of amides is 2. The van der Waals surface area contributed by atoms with Crippen LogP contribution in [-0.2, 0) is 24.2 Å². The van der Waals surface area contributed by atoms with E-state index in [1.807, 2.05) is 6.07 Å². The van der Waals surface area contributed by atoms with Crippen LogP contribution in [0.1, 0.15) is 42.6 Å². The molecule has 1 aliphatic rings. The van der Waals surface area contributed by atoms with Crippen molar-refractivity contribution in [3.8, 4) is 0 Å². The third kappa shape index (κ3) is 5.06. The molecule has 1 aliphatic carbocycles. The standard InChI is InChI=1S/C15H21N3O3/c19-14(20)6-3-9-16-15(21)17-10-12-8-7-11-4-1-2-5-13(11)18-12/h7-8H,1-6,9-10H2,(H,19,20)(H2,16,17,21). The first-order valence-corrected chi connectivity index (χ1v) is 7.36. The number of hydrogen-bond acceptors (Lipinski definition) is 3. The number of urea groups is 1. The van der Waals surface area contributed by atoms with Crippen molar-refractivity contribution in [2.45, 2.75) is 45.1 Å². The van der Waals surface area contributed by atoms with Gasteiger partial charge in [0.25, 0.3) is 0 Å². The van der Waals surface area contributed by atoms with E-state index in [0.29, 0.717) is 19.5 Å². The average Bonchev–Trinajstić information content (AvgIpc) is 2.49. The number of carboxylic acid groups (broad SMARTS) is 1. The Morgan fingerprint density at radius 3 is 2.81 bits per heavy atom. The van der Waals surface area contributed by atoms with Gasteiger partial charge in [0.15, 0.2) is 0 Å². The Labute approximate surface area is 124 Å². The Bertz CT molecular complexity index is 517. The van der Waals surface area contributed by atoms with E-state index >= 15 is 0 Å². The number of fused-ring (bicyclic) bond motifs is 1. The van der Waals surface area contributed by atoms with Gasteiger partial charge in [-0.05, 0) is 43.7 Å². The smallest absolute Gasteiger partial charge is 0.315 e. The molecule has 1 aromatic heterocycles. The van der Waals surface area contributed by atoms with Gasteiger partial charge in [-0.2, -0.15) is 0 Å². The van der Waals surface area contributed by atoms with E-state index in [9.17, 15) is 9.59 Å². The zero-order valence-electron chi connectivity index (χ0n) is 12.0. The molecule has 2 amide bonds. The number of nitrogens with one attached hydrogen (secondary N) is 2. The highest BCUT2D eigenvalue weighted by Crippen LogP contribution is 2.19. The van der Waals surface area contributed by atoms with Crippen LogP contribution in [0.15, 0.2) is 12.1 Å². The predicted octanol–water partition coefficient (Wildman–Crippen LogP) is 1.62. The molecule has 0 fully saturated rings. The van der Waals surface area contributed by atoms with Crippen LogP contribution in [0.2, 0.25) is 0 Å². The molecule has 0 saturated carbocycles. The van der Waals surface area contributed by atoms with Gasteiger partial charge in [-0.3, -0.25) is 9.78 Å². The fourth-order valence-electron chi connectivity index (χ4n) is 2.40. The van der Waals surface area contributed by atoms with Crippen molar-refractivity contribution in [2.24, 2.45) is 0 Å². The summed E-state index contributed by atoms with van der Waals surface area (Å²) in [5, 5.41) is 13.9. The van der Waals surface area contributed by atoms with Crippen LogP contribution in [0.3, 0.4) is 0 Å². The quantitative estimate of drug-likeness (QED) is 0.695. The molecule has 21 heavy (non-hydrogen) atoms. The van der Waals surface area contributed by atoms with Gasteiger partial charge < -0.3 is 15.7 Å². The van der Waals surface area contributed by atoms with Crippen LogP contribution in [0.25, 0.3) is 0 Å². The SMILES string of the molecule is O=C(O)CCCNC(=O)NCc1ccc2c(n1)CCCC2. The van der Waals surface area contributed by atoms with Gasteiger partial charge in [0, 0.05) is 18.7 Å². The molecular weight excluding hydrogens is 270 g/mol. The summed E-state index contributed by atoms with van der Waals surface area (Å²) in [7, 11) is 0. The summed E-state index contributed by atoms with van der Waals surface area (Å²) in [4.78, 5) is 26.5. The summed E-state index contributed by atoms with van der Waals surface area (Å²) in [5.41, 5.74) is 3.34. The summed E-state index contributed by atoms with van der Waals surface area (Å²) < 4.78 is 0. The number of pyridine rings is 1. The number of aromatic nitrogens is 1. The highest BCUT2D eigenvalue weighted by Gasteiger charge is 2.11. The molecule has 0 saturated heterocycles. The maximum Gasteiger partial charge on any atom is 0.315 e. The molecule has 0 aromatic carbocycles. The van der Waals surface area contributed by atoms with Crippen molar-refractivity contribution in [1.29, 1.82) is 0 Å². The molecule has 6 nitrogen and oxygen atoms in total. The highest BCUT2D eigenvalue weighted by molar-refractivity contribution is 5.73. The van der Waals surface area contributed by atoms with Crippen LogP contribution in [-0.4, -0.2) is 28.6 Å². The lowest BCUT2D eigenvalue weighted by atomic mass is 9.96. The normalized spacial score (nSPS) is 13.3. The Balaban J connectivity index is 1.72. The molecular formula is C15H21N3O3. The molecule has 2 rings (SSSR count). The first-order valence-electron chi connectivity index (χ1n) is 7.36. The van der Waals surface area contributed by atoms with Crippen molar-refractivity contribution < 1.29 is 14.7 Å². The maximum atomic E-state index is 11.6. The number of rotatable bonds is 6. The molecule has 0 radical (unpaired) electrons. The first-order chi connectivity index (χ1) is 10.1. The first kappa shape index (κ1) is 15.3. The third-order valence-electron chi connectivity index (χ3n) is 3.52. The van der Waals surface area contributed by atoms with E-state index in [4.69, 9.17) is 5.11 Å².